The third-order valence-electron chi connectivity index (χ3n) is 5.58. The molecule has 0 saturated carbocycles. The number of likely N-dealkylation sites (tertiary alicyclic amines) is 1. The summed E-state index contributed by atoms with van der Waals surface area (Å²) in [6, 6.07) is 8.44. The van der Waals surface area contributed by atoms with E-state index in [1.807, 2.05) is 37.8 Å². The first-order valence-corrected chi connectivity index (χ1v) is 11.3. The van der Waals surface area contributed by atoms with Crippen molar-refractivity contribution in [2.75, 3.05) is 39.3 Å². The van der Waals surface area contributed by atoms with E-state index in [0.717, 1.165) is 57.1 Å². The summed E-state index contributed by atoms with van der Waals surface area (Å²) in [6.45, 7) is 15.7. The molecule has 1 unspecified atom stereocenters. The molecule has 29 heavy (non-hydrogen) atoms. The van der Waals surface area contributed by atoms with Crippen molar-refractivity contribution in [3.63, 3.8) is 0 Å². The molecule has 0 bridgehead atoms. The van der Waals surface area contributed by atoms with Crippen LogP contribution < -0.4 is 5.32 Å². The van der Waals surface area contributed by atoms with E-state index in [-0.39, 0.29) is 12.1 Å². The highest BCUT2D eigenvalue weighted by molar-refractivity contribution is 6.30. The van der Waals surface area contributed by atoms with E-state index in [9.17, 15) is 4.79 Å². The molecular formula is C23H38ClN3O2. The maximum absolute atomic E-state index is 12.4. The molecule has 5 nitrogen and oxygen atoms in total. The van der Waals surface area contributed by atoms with Crippen LogP contribution in [-0.4, -0.2) is 60.8 Å². The van der Waals surface area contributed by atoms with Crippen LogP contribution in [0.2, 0.25) is 5.02 Å². The molecule has 1 N–H and O–H groups in total. The number of hydrogen-bond acceptors (Lipinski definition) is 4. The van der Waals surface area contributed by atoms with Crippen molar-refractivity contribution < 1.29 is 9.53 Å². The lowest BCUT2D eigenvalue weighted by molar-refractivity contribution is 0.0168. The Balaban J connectivity index is 2.00. The van der Waals surface area contributed by atoms with E-state index in [1.165, 1.54) is 5.56 Å². The van der Waals surface area contributed by atoms with E-state index < -0.39 is 5.60 Å². The molecule has 1 heterocycles. The van der Waals surface area contributed by atoms with Crippen LogP contribution in [0.25, 0.3) is 0 Å². The average Bonchev–Trinajstić information content (AvgIpc) is 2.68. The predicted octanol–water partition coefficient (Wildman–Crippen LogP) is 4.96. The number of benzene rings is 1. The number of piperidine rings is 1. The van der Waals surface area contributed by atoms with E-state index in [4.69, 9.17) is 16.3 Å². The third-order valence-corrected chi connectivity index (χ3v) is 5.83. The van der Waals surface area contributed by atoms with Gasteiger partial charge in [0.2, 0.25) is 0 Å². The molecule has 0 radical (unpaired) electrons. The van der Waals surface area contributed by atoms with Gasteiger partial charge in [-0.1, -0.05) is 37.6 Å². The second-order valence-electron chi connectivity index (χ2n) is 8.82. The van der Waals surface area contributed by atoms with E-state index in [0.29, 0.717) is 5.92 Å². The van der Waals surface area contributed by atoms with Gasteiger partial charge in [-0.2, -0.15) is 0 Å². The molecule has 2 rings (SSSR count). The molecule has 164 valence electrons. The van der Waals surface area contributed by atoms with Crippen LogP contribution in [0.5, 0.6) is 0 Å². The van der Waals surface area contributed by atoms with Crippen LogP contribution in [0.1, 0.15) is 59.1 Å². The largest absolute Gasteiger partial charge is 0.444 e. The summed E-state index contributed by atoms with van der Waals surface area (Å²) in [4.78, 5) is 16.7. The number of nitrogens with one attached hydrogen (secondary N) is 1. The lowest BCUT2D eigenvalue weighted by Crippen LogP contribution is -2.44. The number of amides is 1. The Morgan fingerprint density at radius 1 is 1.21 bits per heavy atom. The quantitative estimate of drug-likeness (QED) is 0.641. The molecular weight excluding hydrogens is 386 g/mol. The molecule has 1 saturated heterocycles. The Kier molecular flexibility index (Phi) is 9.25. The van der Waals surface area contributed by atoms with Crippen molar-refractivity contribution in [2.24, 2.45) is 5.92 Å². The minimum Gasteiger partial charge on any atom is -0.444 e. The Morgan fingerprint density at radius 2 is 1.79 bits per heavy atom. The first-order chi connectivity index (χ1) is 13.7. The van der Waals surface area contributed by atoms with Crippen LogP contribution in [0.15, 0.2) is 24.3 Å². The maximum atomic E-state index is 12.4. The second kappa shape index (κ2) is 11.2. The van der Waals surface area contributed by atoms with E-state index in [2.05, 4.69) is 36.2 Å². The first-order valence-electron chi connectivity index (χ1n) is 10.9. The summed E-state index contributed by atoms with van der Waals surface area (Å²) in [5, 5.41) is 4.55. The number of carbonyl (C=O) groups is 1. The van der Waals surface area contributed by atoms with Crippen molar-refractivity contribution in [2.45, 2.75) is 59.1 Å². The highest BCUT2D eigenvalue weighted by atomic mass is 35.5. The van der Waals surface area contributed by atoms with Gasteiger partial charge in [-0.25, -0.2) is 4.79 Å². The topological polar surface area (TPSA) is 44.8 Å². The Morgan fingerprint density at radius 3 is 2.31 bits per heavy atom. The third kappa shape index (κ3) is 7.80. The van der Waals surface area contributed by atoms with Gasteiger partial charge in [0.25, 0.3) is 0 Å². The zero-order chi connectivity index (χ0) is 21.4. The summed E-state index contributed by atoms with van der Waals surface area (Å²) in [7, 11) is 0. The van der Waals surface area contributed by atoms with Crippen molar-refractivity contribution in [1.82, 2.24) is 15.1 Å². The molecule has 0 aromatic heterocycles. The number of ether oxygens (including phenoxy) is 1. The van der Waals surface area contributed by atoms with Crippen LogP contribution in [0.3, 0.4) is 0 Å². The minimum absolute atomic E-state index is 0.200. The normalized spacial score (nSPS) is 16.9. The molecule has 1 aliphatic rings. The van der Waals surface area contributed by atoms with Gasteiger partial charge in [0.05, 0.1) is 0 Å². The fourth-order valence-corrected chi connectivity index (χ4v) is 4.01. The van der Waals surface area contributed by atoms with Crippen LogP contribution in [-0.2, 0) is 4.74 Å². The van der Waals surface area contributed by atoms with Crippen molar-refractivity contribution in [3.05, 3.63) is 34.9 Å². The number of nitrogens with zero attached hydrogens (tertiary/aromatic N) is 2. The molecule has 1 aromatic rings. The molecule has 1 atom stereocenters. The van der Waals surface area contributed by atoms with Gasteiger partial charge >= 0.3 is 6.09 Å². The van der Waals surface area contributed by atoms with Gasteiger partial charge in [-0.3, -0.25) is 0 Å². The lowest BCUT2D eigenvalue weighted by Gasteiger charge is -2.37. The number of halogens is 1. The van der Waals surface area contributed by atoms with Crippen molar-refractivity contribution in [1.29, 1.82) is 0 Å². The first kappa shape index (κ1) is 24.0. The van der Waals surface area contributed by atoms with Gasteiger partial charge in [-0.15, -0.1) is 0 Å². The zero-order valence-electron chi connectivity index (χ0n) is 18.7. The SMILES string of the molecule is CCN(CC)CCNC(c1ccc(Cl)cc1)C1CCN(C(=O)OC(C)(C)C)CC1. The minimum atomic E-state index is -0.453. The maximum Gasteiger partial charge on any atom is 0.410 e. The molecule has 0 aliphatic carbocycles. The smallest absolute Gasteiger partial charge is 0.410 e. The average molecular weight is 424 g/mol. The van der Waals surface area contributed by atoms with Crippen LogP contribution in [0.4, 0.5) is 4.79 Å². The Hall–Kier alpha value is -1.30. The molecule has 6 heteroatoms. The summed E-state index contributed by atoms with van der Waals surface area (Å²) in [5.74, 6) is 0.478. The summed E-state index contributed by atoms with van der Waals surface area (Å²) >= 11 is 6.11. The van der Waals surface area contributed by atoms with Crippen molar-refractivity contribution in [3.8, 4) is 0 Å². The molecule has 0 spiro atoms. The van der Waals surface area contributed by atoms with Gasteiger partial charge in [-0.05, 0) is 70.3 Å². The number of likely N-dealkylation sites (N-methyl/N-ethyl adjacent to an activating group) is 1. The van der Waals surface area contributed by atoms with Crippen LogP contribution >= 0.6 is 11.6 Å². The van der Waals surface area contributed by atoms with Gasteiger partial charge in [0.1, 0.15) is 5.60 Å². The van der Waals surface area contributed by atoms with Crippen molar-refractivity contribution >= 4 is 17.7 Å². The molecule has 1 aliphatic heterocycles. The fraction of sp³-hybridized carbons (Fsp3) is 0.696. The number of hydrogen-bond donors (Lipinski definition) is 1. The van der Waals surface area contributed by atoms with Gasteiger partial charge in [0.15, 0.2) is 0 Å². The number of carbonyl (C=O) groups excluding carboxylic acids is 1. The Labute approximate surface area is 181 Å². The van der Waals surface area contributed by atoms with Gasteiger partial charge < -0.3 is 19.9 Å². The lowest BCUT2D eigenvalue weighted by atomic mass is 9.85. The molecule has 1 aromatic carbocycles. The molecule has 1 amide bonds. The summed E-state index contributed by atoms with van der Waals surface area (Å²) in [6.07, 6.45) is 1.73. The second-order valence-corrected chi connectivity index (χ2v) is 9.25. The van der Waals surface area contributed by atoms with Crippen LogP contribution in [0, 0.1) is 5.92 Å². The van der Waals surface area contributed by atoms with E-state index in [1.54, 1.807) is 0 Å². The zero-order valence-corrected chi connectivity index (χ0v) is 19.5. The molecule has 1 fully saturated rings. The standard InChI is InChI=1S/C23H38ClN3O2/c1-6-26(7-2)17-14-25-21(18-8-10-20(24)11-9-18)19-12-15-27(16-13-19)22(28)29-23(3,4)5/h8-11,19,21,25H,6-7,12-17H2,1-5H3. The van der Waals surface area contributed by atoms with Gasteiger partial charge in [0, 0.05) is 37.2 Å². The highest BCUT2D eigenvalue weighted by Gasteiger charge is 2.31. The fourth-order valence-electron chi connectivity index (χ4n) is 3.89. The predicted molar refractivity (Wildman–Crippen MR) is 121 cm³/mol. The highest BCUT2D eigenvalue weighted by Crippen LogP contribution is 2.32. The summed E-state index contributed by atoms with van der Waals surface area (Å²) in [5.41, 5.74) is 0.816. The summed E-state index contributed by atoms with van der Waals surface area (Å²) < 4.78 is 5.54. The van der Waals surface area contributed by atoms with E-state index >= 15 is 0 Å². The number of rotatable bonds is 8. The monoisotopic (exact) mass is 423 g/mol. The Bertz CT molecular complexity index is 618.